The Morgan fingerprint density at radius 1 is 1.26 bits per heavy atom. The van der Waals surface area contributed by atoms with Crippen LogP contribution in [0, 0.1) is 0 Å². The lowest BCUT2D eigenvalue weighted by molar-refractivity contribution is -0.117. The summed E-state index contributed by atoms with van der Waals surface area (Å²) in [5.74, 6) is -0.539. The number of sulfone groups is 1. The van der Waals surface area contributed by atoms with E-state index in [1.807, 2.05) is 0 Å². The summed E-state index contributed by atoms with van der Waals surface area (Å²) in [6.45, 7) is 5.29. The Hall–Kier alpha value is -1.49. The number of carbonyl (C=O) groups is 2. The highest BCUT2D eigenvalue weighted by atomic mass is 35.5. The number of benzene rings is 1. The summed E-state index contributed by atoms with van der Waals surface area (Å²) in [6, 6.07) is 4.56. The number of amidine groups is 1. The number of para-hydroxylation sites is 1. The van der Waals surface area contributed by atoms with Crippen LogP contribution >= 0.6 is 35.0 Å². The summed E-state index contributed by atoms with van der Waals surface area (Å²) >= 11 is 13.9. The van der Waals surface area contributed by atoms with E-state index in [-0.39, 0.29) is 29.7 Å². The third-order valence-electron chi connectivity index (χ3n) is 4.47. The normalized spacial score (nSPS) is 23.6. The fraction of sp³-hybridized carbons (Fsp3) is 0.526. The number of hydrogen-bond donors (Lipinski definition) is 1. The van der Waals surface area contributed by atoms with Crippen molar-refractivity contribution in [2.24, 2.45) is 4.99 Å². The lowest BCUT2D eigenvalue weighted by Gasteiger charge is -2.26. The molecule has 2 heterocycles. The molecule has 0 saturated carbocycles. The van der Waals surface area contributed by atoms with Crippen LogP contribution in [0.15, 0.2) is 23.2 Å². The predicted molar refractivity (Wildman–Crippen MR) is 124 cm³/mol. The topological polar surface area (TPSA) is 105 Å². The van der Waals surface area contributed by atoms with Crippen molar-refractivity contribution in [2.75, 3.05) is 23.0 Å². The standard InChI is InChI=1S/C19H23Cl2N3O5S2/c1-19(2,3)29-18(26)22-8-7-15(25)23-17-24(16-11(20)5-4-6-12(16)21)13-9-31(27,28)10-14(13)30-17/h4-6,13-14H,7-10H2,1-3H3,(H,22,26)/t13-,14+/m0/s1. The second-order valence-corrected chi connectivity index (χ2v) is 12.4. The molecule has 12 heteroatoms. The maximum Gasteiger partial charge on any atom is 0.407 e. The van der Waals surface area contributed by atoms with Gasteiger partial charge in [0.05, 0.1) is 33.3 Å². The number of nitrogens with one attached hydrogen (secondary N) is 1. The first-order chi connectivity index (χ1) is 14.4. The van der Waals surface area contributed by atoms with Gasteiger partial charge in [-0.25, -0.2) is 13.2 Å². The van der Waals surface area contributed by atoms with Gasteiger partial charge in [0.15, 0.2) is 15.0 Å². The molecule has 31 heavy (non-hydrogen) atoms. The van der Waals surface area contributed by atoms with E-state index in [1.165, 1.54) is 11.8 Å². The maximum atomic E-state index is 12.5. The zero-order valence-electron chi connectivity index (χ0n) is 17.2. The lowest BCUT2D eigenvalue weighted by Crippen LogP contribution is -2.38. The van der Waals surface area contributed by atoms with Crippen LogP contribution in [0.3, 0.4) is 0 Å². The van der Waals surface area contributed by atoms with E-state index in [9.17, 15) is 18.0 Å². The highest BCUT2D eigenvalue weighted by Crippen LogP contribution is 2.45. The number of rotatable bonds is 4. The molecule has 1 aromatic rings. The van der Waals surface area contributed by atoms with E-state index in [2.05, 4.69) is 10.3 Å². The van der Waals surface area contributed by atoms with Crippen molar-refractivity contribution in [3.63, 3.8) is 0 Å². The van der Waals surface area contributed by atoms with E-state index in [1.54, 1.807) is 43.9 Å². The minimum Gasteiger partial charge on any atom is -0.444 e. The van der Waals surface area contributed by atoms with Gasteiger partial charge >= 0.3 is 6.09 Å². The molecule has 0 spiro atoms. The number of nitrogens with zero attached hydrogens (tertiary/aromatic N) is 2. The van der Waals surface area contributed by atoms with E-state index in [0.29, 0.717) is 20.9 Å². The number of ether oxygens (including phenoxy) is 1. The lowest BCUT2D eigenvalue weighted by atomic mass is 10.2. The Balaban J connectivity index is 1.77. The summed E-state index contributed by atoms with van der Waals surface area (Å²) in [6.07, 6.45) is -0.659. The van der Waals surface area contributed by atoms with Crippen LogP contribution in [-0.2, 0) is 19.4 Å². The Morgan fingerprint density at radius 2 is 1.90 bits per heavy atom. The first-order valence-corrected chi connectivity index (χ1v) is 13.0. The molecule has 2 saturated heterocycles. The molecule has 2 aliphatic heterocycles. The molecule has 2 amide bonds. The molecule has 2 aliphatic rings. The summed E-state index contributed by atoms with van der Waals surface area (Å²) in [5, 5.41) is 3.26. The molecule has 0 aliphatic carbocycles. The molecule has 2 fully saturated rings. The Labute approximate surface area is 195 Å². The molecule has 2 atom stereocenters. The van der Waals surface area contributed by atoms with Crippen molar-refractivity contribution in [1.29, 1.82) is 0 Å². The summed E-state index contributed by atoms with van der Waals surface area (Å²) in [5.41, 5.74) is -0.205. The summed E-state index contributed by atoms with van der Waals surface area (Å²) < 4.78 is 29.4. The van der Waals surface area contributed by atoms with E-state index >= 15 is 0 Å². The van der Waals surface area contributed by atoms with Crippen LogP contribution in [0.4, 0.5) is 10.5 Å². The van der Waals surface area contributed by atoms with Gasteiger partial charge in [0.1, 0.15) is 5.60 Å². The molecule has 8 nitrogen and oxygen atoms in total. The van der Waals surface area contributed by atoms with Gasteiger partial charge < -0.3 is 15.0 Å². The van der Waals surface area contributed by atoms with Crippen LogP contribution in [0.1, 0.15) is 27.2 Å². The quantitative estimate of drug-likeness (QED) is 0.664. The largest absolute Gasteiger partial charge is 0.444 e. The van der Waals surface area contributed by atoms with Gasteiger partial charge in [-0.1, -0.05) is 41.0 Å². The van der Waals surface area contributed by atoms with E-state index in [0.717, 1.165) is 0 Å². The molecule has 1 aromatic carbocycles. The summed E-state index contributed by atoms with van der Waals surface area (Å²) in [7, 11) is -3.21. The SMILES string of the molecule is CC(C)(C)OC(=O)NCCC(=O)N=C1S[C@@H]2CS(=O)(=O)C[C@@H]2N1c1c(Cl)cccc1Cl. The molecule has 0 aromatic heterocycles. The fourth-order valence-electron chi connectivity index (χ4n) is 3.29. The van der Waals surface area contributed by atoms with Crippen LogP contribution < -0.4 is 10.2 Å². The van der Waals surface area contributed by atoms with Crippen molar-refractivity contribution in [1.82, 2.24) is 5.32 Å². The van der Waals surface area contributed by atoms with Crippen molar-refractivity contribution in [3.8, 4) is 0 Å². The number of thioether (sulfide) groups is 1. The van der Waals surface area contributed by atoms with Crippen molar-refractivity contribution in [3.05, 3.63) is 28.2 Å². The second-order valence-electron chi connectivity index (χ2n) is 8.21. The fourth-order valence-corrected chi connectivity index (χ4v) is 7.79. The van der Waals surface area contributed by atoms with Crippen LogP contribution in [0.2, 0.25) is 10.0 Å². The highest BCUT2D eigenvalue weighted by molar-refractivity contribution is 8.16. The maximum absolute atomic E-state index is 12.5. The van der Waals surface area contributed by atoms with Crippen molar-refractivity contribution >= 4 is 67.7 Å². The van der Waals surface area contributed by atoms with Crippen LogP contribution in [-0.4, -0.2) is 60.5 Å². The zero-order chi connectivity index (χ0) is 23.0. The molecule has 0 bridgehead atoms. The van der Waals surface area contributed by atoms with Gasteiger partial charge in [0.2, 0.25) is 5.91 Å². The average molecular weight is 508 g/mol. The van der Waals surface area contributed by atoms with Crippen molar-refractivity contribution in [2.45, 2.75) is 44.1 Å². The van der Waals surface area contributed by atoms with Crippen molar-refractivity contribution < 1.29 is 22.7 Å². The number of fused-ring (bicyclic) bond motifs is 1. The van der Waals surface area contributed by atoms with Crippen LogP contribution in [0.5, 0.6) is 0 Å². The van der Waals surface area contributed by atoms with Gasteiger partial charge in [0, 0.05) is 18.2 Å². The number of hydrogen-bond acceptors (Lipinski definition) is 6. The first kappa shape index (κ1) is 24.2. The minimum absolute atomic E-state index is 0.00564. The van der Waals surface area contributed by atoms with Gasteiger partial charge in [-0.3, -0.25) is 4.79 Å². The van der Waals surface area contributed by atoms with E-state index < -0.39 is 33.5 Å². The monoisotopic (exact) mass is 507 g/mol. The molecular weight excluding hydrogens is 485 g/mol. The van der Waals surface area contributed by atoms with Gasteiger partial charge in [0.25, 0.3) is 0 Å². The predicted octanol–water partition coefficient (Wildman–Crippen LogP) is 3.51. The molecule has 170 valence electrons. The van der Waals surface area contributed by atoms with Gasteiger partial charge in [-0.15, -0.1) is 0 Å². The van der Waals surface area contributed by atoms with Gasteiger partial charge in [-0.2, -0.15) is 4.99 Å². The number of amides is 2. The third-order valence-corrected chi connectivity index (χ3v) is 8.29. The second kappa shape index (κ2) is 9.17. The third kappa shape index (κ3) is 6.06. The molecule has 0 unspecified atom stereocenters. The Kier molecular flexibility index (Phi) is 7.15. The Bertz CT molecular complexity index is 1000. The number of alkyl carbamates (subject to hydrolysis) is 1. The molecule has 3 rings (SSSR count). The minimum atomic E-state index is -3.21. The first-order valence-electron chi connectivity index (χ1n) is 9.55. The number of carbonyl (C=O) groups excluding carboxylic acids is 2. The smallest absolute Gasteiger partial charge is 0.407 e. The number of aliphatic imine (C=N–C) groups is 1. The number of anilines is 1. The van der Waals surface area contributed by atoms with Crippen LogP contribution in [0.25, 0.3) is 0 Å². The summed E-state index contributed by atoms with van der Waals surface area (Å²) in [4.78, 5) is 30.0. The molecule has 1 N–H and O–H groups in total. The van der Waals surface area contributed by atoms with E-state index in [4.69, 9.17) is 27.9 Å². The molecular formula is C19H23Cl2N3O5S2. The van der Waals surface area contributed by atoms with Gasteiger partial charge in [-0.05, 0) is 32.9 Å². The molecule has 0 radical (unpaired) electrons. The Morgan fingerprint density at radius 3 is 2.52 bits per heavy atom. The average Bonchev–Trinajstić information content (AvgIpc) is 3.05. The highest BCUT2D eigenvalue weighted by Gasteiger charge is 2.50. The number of halogens is 2. The zero-order valence-corrected chi connectivity index (χ0v) is 20.4.